The Hall–Kier alpha value is -4.42. The van der Waals surface area contributed by atoms with Crippen molar-refractivity contribution >= 4 is 10.8 Å². The molecule has 0 heteroatoms. The zero-order valence-electron chi connectivity index (χ0n) is 20.1. The first kappa shape index (κ1) is 19.8. The van der Waals surface area contributed by atoms with Crippen LogP contribution in [0.2, 0.25) is 0 Å². The molecule has 6 aromatic rings. The average Bonchev–Trinajstić information content (AvgIpc) is 3.41. The Morgan fingerprint density at radius 2 is 0.917 bits per heavy atom. The van der Waals surface area contributed by atoms with E-state index >= 15 is 0 Å². The Morgan fingerprint density at radius 3 is 1.56 bits per heavy atom. The summed E-state index contributed by atoms with van der Waals surface area (Å²) in [5.41, 5.74) is 14.6. The van der Waals surface area contributed by atoms with Crippen LogP contribution in [0.1, 0.15) is 27.8 Å². The first-order valence-corrected chi connectivity index (χ1v) is 12.7. The lowest BCUT2D eigenvalue weighted by Gasteiger charge is -2.30. The smallest absolute Gasteiger partial charge is 0.0619 e. The number of rotatable bonds is 1. The van der Waals surface area contributed by atoms with Gasteiger partial charge in [-0.1, -0.05) is 121 Å². The summed E-state index contributed by atoms with van der Waals surface area (Å²) >= 11 is 0. The largest absolute Gasteiger partial charge is 0.0725 e. The Labute approximate surface area is 211 Å². The Morgan fingerprint density at radius 1 is 0.417 bits per heavy atom. The van der Waals surface area contributed by atoms with Gasteiger partial charge in [-0.05, 0) is 85.0 Å². The summed E-state index contributed by atoms with van der Waals surface area (Å²) in [5, 5.41) is 2.62. The van der Waals surface area contributed by atoms with Crippen molar-refractivity contribution in [3.63, 3.8) is 0 Å². The number of hydrogen-bond acceptors (Lipinski definition) is 0. The molecule has 0 bridgehead atoms. The van der Waals surface area contributed by atoms with E-state index in [1.807, 2.05) is 0 Å². The molecular weight excluding hydrogens is 432 g/mol. The van der Waals surface area contributed by atoms with Crippen LogP contribution in [-0.2, 0) is 5.41 Å². The molecule has 2 aliphatic rings. The summed E-state index contributed by atoms with van der Waals surface area (Å²) < 4.78 is 0. The van der Waals surface area contributed by atoms with Crippen molar-refractivity contribution in [1.82, 2.24) is 0 Å². The van der Waals surface area contributed by atoms with Crippen LogP contribution in [0.15, 0.2) is 127 Å². The number of benzene rings is 6. The molecule has 0 amide bonds. The first-order valence-electron chi connectivity index (χ1n) is 12.7. The fourth-order valence-electron chi connectivity index (χ4n) is 7.00. The normalized spacial score (nSPS) is 13.9. The predicted octanol–water partition coefficient (Wildman–Crippen LogP) is 9.16. The van der Waals surface area contributed by atoms with Crippen LogP contribution in [0.25, 0.3) is 44.2 Å². The van der Waals surface area contributed by atoms with Crippen LogP contribution >= 0.6 is 0 Å². The SMILES string of the molecule is Cc1c(-c2ccc3c(c2)C2(c4ccccc4-c4ccccc42)c2ccccc2-3)ccc2ccccc12. The molecule has 8 rings (SSSR count). The molecule has 168 valence electrons. The van der Waals surface area contributed by atoms with E-state index in [1.54, 1.807) is 0 Å². The van der Waals surface area contributed by atoms with Crippen LogP contribution in [-0.4, -0.2) is 0 Å². The average molecular weight is 457 g/mol. The molecule has 36 heavy (non-hydrogen) atoms. The molecule has 0 aromatic heterocycles. The van der Waals surface area contributed by atoms with Gasteiger partial charge >= 0.3 is 0 Å². The zero-order chi connectivity index (χ0) is 23.9. The van der Waals surface area contributed by atoms with Crippen LogP contribution in [0.4, 0.5) is 0 Å². The first-order chi connectivity index (χ1) is 17.8. The Balaban J connectivity index is 1.48. The fraction of sp³-hybridized carbons (Fsp3) is 0.0556. The monoisotopic (exact) mass is 456 g/mol. The van der Waals surface area contributed by atoms with Gasteiger partial charge in [-0.2, -0.15) is 0 Å². The second kappa shape index (κ2) is 7.06. The van der Waals surface area contributed by atoms with E-state index < -0.39 is 0 Å². The highest BCUT2D eigenvalue weighted by Gasteiger charge is 2.51. The van der Waals surface area contributed by atoms with Gasteiger partial charge < -0.3 is 0 Å². The van der Waals surface area contributed by atoms with Gasteiger partial charge in [0.25, 0.3) is 0 Å². The third-order valence-corrected chi connectivity index (χ3v) is 8.51. The molecule has 0 nitrogen and oxygen atoms in total. The zero-order valence-corrected chi connectivity index (χ0v) is 20.1. The van der Waals surface area contributed by atoms with E-state index in [2.05, 4.69) is 134 Å². The van der Waals surface area contributed by atoms with Gasteiger partial charge in [-0.25, -0.2) is 0 Å². The van der Waals surface area contributed by atoms with Crippen molar-refractivity contribution in [2.75, 3.05) is 0 Å². The van der Waals surface area contributed by atoms with Crippen molar-refractivity contribution in [3.8, 4) is 33.4 Å². The molecule has 1 spiro atoms. The van der Waals surface area contributed by atoms with E-state index in [0.717, 1.165) is 0 Å². The molecule has 0 atom stereocenters. The topological polar surface area (TPSA) is 0 Å². The quantitative estimate of drug-likeness (QED) is 0.231. The second-order valence-electron chi connectivity index (χ2n) is 10.1. The Kier molecular flexibility index (Phi) is 3.89. The molecule has 0 aliphatic heterocycles. The van der Waals surface area contributed by atoms with Gasteiger partial charge in [0.2, 0.25) is 0 Å². The summed E-state index contributed by atoms with van der Waals surface area (Å²) in [4.78, 5) is 0. The lowest BCUT2D eigenvalue weighted by Crippen LogP contribution is -2.25. The molecule has 0 N–H and O–H groups in total. The molecule has 0 radical (unpaired) electrons. The minimum absolute atomic E-state index is 0.292. The van der Waals surface area contributed by atoms with Gasteiger partial charge in [0, 0.05) is 0 Å². The molecule has 0 unspecified atom stereocenters. The van der Waals surface area contributed by atoms with E-state index in [0.29, 0.717) is 0 Å². The van der Waals surface area contributed by atoms with Crippen LogP contribution < -0.4 is 0 Å². The minimum Gasteiger partial charge on any atom is -0.0619 e. The van der Waals surface area contributed by atoms with Crippen molar-refractivity contribution in [2.24, 2.45) is 0 Å². The number of aryl methyl sites for hydroxylation is 1. The maximum Gasteiger partial charge on any atom is 0.0725 e. The summed E-state index contributed by atoms with van der Waals surface area (Å²) in [6.07, 6.45) is 0. The lowest BCUT2D eigenvalue weighted by molar-refractivity contribution is 0.794. The molecule has 6 aromatic carbocycles. The van der Waals surface area contributed by atoms with E-state index in [9.17, 15) is 0 Å². The maximum absolute atomic E-state index is 2.48. The summed E-state index contributed by atoms with van der Waals surface area (Å²) in [6.45, 7) is 2.26. The molecule has 2 aliphatic carbocycles. The van der Waals surface area contributed by atoms with Gasteiger partial charge in [0.05, 0.1) is 5.41 Å². The van der Waals surface area contributed by atoms with Crippen molar-refractivity contribution in [1.29, 1.82) is 0 Å². The minimum atomic E-state index is -0.292. The van der Waals surface area contributed by atoms with Gasteiger partial charge in [0.15, 0.2) is 0 Å². The molecular formula is C36H24. The molecule has 0 saturated carbocycles. The molecule has 0 fully saturated rings. The van der Waals surface area contributed by atoms with Crippen LogP contribution in [0.3, 0.4) is 0 Å². The summed E-state index contributed by atoms with van der Waals surface area (Å²) in [7, 11) is 0. The van der Waals surface area contributed by atoms with Crippen LogP contribution in [0, 0.1) is 6.92 Å². The molecule has 0 heterocycles. The standard InChI is InChI=1S/C36H24/c1-23-26-11-3-2-10-24(26)18-20-27(23)25-19-21-31-30-14-6-9-17-34(30)36(35(31)22-25)32-15-7-4-12-28(32)29-13-5-8-16-33(29)36/h2-22H,1H3. The highest BCUT2D eigenvalue weighted by atomic mass is 14.5. The number of fused-ring (bicyclic) bond motifs is 11. The van der Waals surface area contributed by atoms with Gasteiger partial charge in [0.1, 0.15) is 0 Å². The van der Waals surface area contributed by atoms with Crippen LogP contribution in [0.5, 0.6) is 0 Å². The maximum atomic E-state index is 2.48. The fourth-order valence-corrected chi connectivity index (χ4v) is 7.00. The third-order valence-electron chi connectivity index (χ3n) is 8.51. The highest BCUT2D eigenvalue weighted by molar-refractivity contribution is 5.97. The molecule has 0 saturated heterocycles. The van der Waals surface area contributed by atoms with E-state index in [1.165, 1.54) is 72.0 Å². The van der Waals surface area contributed by atoms with E-state index in [-0.39, 0.29) is 5.41 Å². The van der Waals surface area contributed by atoms with Gasteiger partial charge in [-0.15, -0.1) is 0 Å². The van der Waals surface area contributed by atoms with Crippen molar-refractivity contribution in [3.05, 3.63) is 155 Å². The summed E-state index contributed by atoms with van der Waals surface area (Å²) in [6, 6.07) is 47.4. The lowest BCUT2D eigenvalue weighted by atomic mass is 9.70. The van der Waals surface area contributed by atoms with Gasteiger partial charge in [-0.3, -0.25) is 0 Å². The Bertz CT molecular complexity index is 1790. The summed E-state index contributed by atoms with van der Waals surface area (Å²) in [5.74, 6) is 0. The third kappa shape index (κ3) is 2.34. The highest BCUT2D eigenvalue weighted by Crippen LogP contribution is 2.63. The van der Waals surface area contributed by atoms with Crippen molar-refractivity contribution < 1.29 is 0 Å². The van der Waals surface area contributed by atoms with Crippen molar-refractivity contribution in [2.45, 2.75) is 12.3 Å². The predicted molar refractivity (Wildman–Crippen MR) is 150 cm³/mol. The van der Waals surface area contributed by atoms with E-state index in [4.69, 9.17) is 0 Å². The second-order valence-corrected chi connectivity index (χ2v) is 10.1. The number of hydrogen-bond donors (Lipinski definition) is 0.